The molecule has 0 amide bonds. The van der Waals surface area contributed by atoms with Crippen LogP contribution in [-0.4, -0.2) is 41.0 Å². The molecule has 0 atom stereocenters. The molecule has 0 aromatic carbocycles. The largest absolute Gasteiger partial charge is 0.382 e. The molecule has 0 saturated heterocycles. The molecule has 0 radical (unpaired) electrons. The summed E-state index contributed by atoms with van der Waals surface area (Å²) in [5.74, 6) is 0.912. The summed E-state index contributed by atoms with van der Waals surface area (Å²) in [6.45, 7) is 6.20. The Kier molecular flexibility index (Phi) is 5.44. The van der Waals surface area contributed by atoms with E-state index >= 15 is 0 Å². The normalized spacial score (nSPS) is 11.2. The van der Waals surface area contributed by atoms with E-state index in [-0.39, 0.29) is 0 Å². The standard InChI is InChI=1S/C11H20ClN5/c1-8(2)17(3)6-4-5-14-11-9(12)10(13)15-7-16-11/h7-8H,4-6H2,1-3H3,(H3,13,14,15,16). The van der Waals surface area contributed by atoms with E-state index < -0.39 is 0 Å². The second kappa shape index (κ2) is 6.61. The number of nitrogens with zero attached hydrogens (tertiary/aromatic N) is 3. The van der Waals surface area contributed by atoms with Crippen molar-refractivity contribution >= 4 is 23.2 Å². The van der Waals surface area contributed by atoms with Crippen molar-refractivity contribution in [1.29, 1.82) is 0 Å². The third kappa shape index (κ3) is 4.36. The van der Waals surface area contributed by atoms with Gasteiger partial charge in [-0.05, 0) is 33.9 Å². The van der Waals surface area contributed by atoms with Crippen LogP contribution in [0.5, 0.6) is 0 Å². The molecule has 96 valence electrons. The van der Waals surface area contributed by atoms with Gasteiger partial charge < -0.3 is 16.0 Å². The Morgan fingerprint density at radius 3 is 2.82 bits per heavy atom. The van der Waals surface area contributed by atoms with E-state index in [2.05, 4.69) is 41.1 Å². The number of nitrogen functional groups attached to an aromatic ring is 1. The number of rotatable bonds is 6. The van der Waals surface area contributed by atoms with E-state index in [9.17, 15) is 0 Å². The summed E-state index contributed by atoms with van der Waals surface area (Å²) in [4.78, 5) is 10.1. The number of nitrogens with one attached hydrogen (secondary N) is 1. The average Bonchev–Trinajstić information content (AvgIpc) is 2.29. The lowest BCUT2D eigenvalue weighted by molar-refractivity contribution is 0.273. The fourth-order valence-electron chi connectivity index (χ4n) is 1.30. The van der Waals surface area contributed by atoms with E-state index in [0.717, 1.165) is 19.5 Å². The van der Waals surface area contributed by atoms with Gasteiger partial charge in [0.1, 0.15) is 23.0 Å². The lowest BCUT2D eigenvalue weighted by Crippen LogP contribution is -2.28. The summed E-state index contributed by atoms with van der Waals surface area (Å²) in [7, 11) is 2.11. The number of halogens is 1. The van der Waals surface area contributed by atoms with Crippen molar-refractivity contribution in [2.75, 3.05) is 31.2 Å². The van der Waals surface area contributed by atoms with E-state index in [1.165, 1.54) is 6.33 Å². The lowest BCUT2D eigenvalue weighted by Gasteiger charge is -2.20. The maximum absolute atomic E-state index is 5.96. The van der Waals surface area contributed by atoms with Crippen molar-refractivity contribution in [3.63, 3.8) is 0 Å². The van der Waals surface area contributed by atoms with Crippen molar-refractivity contribution in [3.8, 4) is 0 Å². The predicted molar refractivity (Wildman–Crippen MR) is 72.3 cm³/mol. The Balaban J connectivity index is 2.34. The summed E-state index contributed by atoms with van der Waals surface area (Å²) in [5, 5.41) is 3.55. The van der Waals surface area contributed by atoms with Crippen LogP contribution in [0, 0.1) is 0 Å². The third-order valence-corrected chi connectivity index (χ3v) is 3.05. The maximum atomic E-state index is 5.96. The second-order valence-corrected chi connectivity index (χ2v) is 4.65. The molecule has 1 aromatic heterocycles. The van der Waals surface area contributed by atoms with Gasteiger partial charge in [-0.15, -0.1) is 0 Å². The molecule has 0 saturated carbocycles. The molecule has 0 aliphatic carbocycles. The number of aromatic nitrogens is 2. The lowest BCUT2D eigenvalue weighted by atomic mass is 10.3. The van der Waals surface area contributed by atoms with Crippen LogP contribution in [0.1, 0.15) is 20.3 Å². The summed E-state index contributed by atoms with van der Waals surface area (Å²) in [5.41, 5.74) is 5.58. The molecule has 6 heteroatoms. The molecule has 17 heavy (non-hydrogen) atoms. The van der Waals surface area contributed by atoms with Gasteiger partial charge >= 0.3 is 0 Å². The van der Waals surface area contributed by atoms with E-state index in [1.54, 1.807) is 0 Å². The van der Waals surface area contributed by atoms with Crippen LogP contribution < -0.4 is 11.1 Å². The van der Waals surface area contributed by atoms with Crippen LogP contribution in [0.3, 0.4) is 0 Å². The quantitative estimate of drug-likeness (QED) is 0.762. The van der Waals surface area contributed by atoms with Gasteiger partial charge in [0.05, 0.1) is 0 Å². The zero-order chi connectivity index (χ0) is 12.8. The highest BCUT2D eigenvalue weighted by Crippen LogP contribution is 2.22. The molecule has 0 aliphatic rings. The zero-order valence-electron chi connectivity index (χ0n) is 10.6. The van der Waals surface area contributed by atoms with E-state index in [4.69, 9.17) is 17.3 Å². The number of nitrogens with two attached hydrogens (primary N) is 1. The fraction of sp³-hybridized carbons (Fsp3) is 0.636. The summed E-state index contributed by atoms with van der Waals surface area (Å²) in [6.07, 6.45) is 2.43. The smallest absolute Gasteiger partial charge is 0.150 e. The Bertz CT molecular complexity index is 356. The van der Waals surface area contributed by atoms with Crippen LogP contribution in [0.2, 0.25) is 5.02 Å². The molecule has 1 heterocycles. The van der Waals surface area contributed by atoms with Crippen molar-refractivity contribution in [1.82, 2.24) is 14.9 Å². The molecule has 0 spiro atoms. The Morgan fingerprint density at radius 2 is 2.18 bits per heavy atom. The molecular weight excluding hydrogens is 238 g/mol. The first-order valence-electron chi connectivity index (χ1n) is 5.72. The van der Waals surface area contributed by atoms with Gasteiger partial charge in [-0.25, -0.2) is 9.97 Å². The first-order valence-corrected chi connectivity index (χ1v) is 6.10. The number of anilines is 2. The van der Waals surface area contributed by atoms with Crippen LogP contribution in [0.4, 0.5) is 11.6 Å². The monoisotopic (exact) mass is 257 g/mol. The fourth-order valence-corrected chi connectivity index (χ4v) is 1.46. The van der Waals surface area contributed by atoms with E-state index in [1.807, 2.05) is 0 Å². The Labute approximate surface area is 107 Å². The minimum atomic E-state index is 0.309. The second-order valence-electron chi connectivity index (χ2n) is 4.28. The van der Waals surface area contributed by atoms with Crippen LogP contribution in [0.25, 0.3) is 0 Å². The van der Waals surface area contributed by atoms with Gasteiger partial charge in [0, 0.05) is 12.6 Å². The Hall–Kier alpha value is -1.07. The van der Waals surface area contributed by atoms with Crippen LogP contribution in [0.15, 0.2) is 6.33 Å². The number of hydrogen-bond acceptors (Lipinski definition) is 5. The summed E-state index contributed by atoms with van der Waals surface area (Å²) < 4.78 is 0. The van der Waals surface area contributed by atoms with Gasteiger partial charge in [0.25, 0.3) is 0 Å². The minimum Gasteiger partial charge on any atom is -0.382 e. The van der Waals surface area contributed by atoms with Crippen molar-refractivity contribution in [2.45, 2.75) is 26.3 Å². The maximum Gasteiger partial charge on any atom is 0.150 e. The summed E-state index contributed by atoms with van der Waals surface area (Å²) in [6, 6.07) is 0.563. The van der Waals surface area contributed by atoms with Gasteiger partial charge in [0.2, 0.25) is 0 Å². The molecular formula is C11H20ClN5. The van der Waals surface area contributed by atoms with Crippen molar-refractivity contribution in [3.05, 3.63) is 11.3 Å². The molecule has 0 unspecified atom stereocenters. The first kappa shape index (κ1) is 14.0. The van der Waals surface area contributed by atoms with E-state index in [0.29, 0.717) is 22.7 Å². The van der Waals surface area contributed by atoms with Crippen LogP contribution in [-0.2, 0) is 0 Å². The van der Waals surface area contributed by atoms with Crippen molar-refractivity contribution < 1.29 is 0 Å². The minimum absolute atomic E-state index is 0.309. The molecule has 0 fully saturated rings. The molecule has 1 rings (SSSR count). The molecule has 1 aromatic rings. The molecule has 5 nitrogen and oxygen atoms in total. The summed E-state index contributed by atoms with van der Waals surface area (Å²) >= 11 is 5.96. The predicted octanol–water partition coefficient (Wildman–Crippen LogP) is 1.85. The van der Waals surface area contributed by atoms with Gasteiger partial charge in [-0.3, -0.25) is 0 Å². The van der Waals surface area contributed by atoms with Gasteiger partial charge in [-0.2, -0.15) is 0 Å². The first-order chi connectivity index (χ1) is 8.02. The van der Waals surface area contributed by atoms with Gasteiger partial charge in [0.15, 0.2) is 0 Å². The molecule has 0 bridgehead atoms. The SMILES string of the molecule is CC(C)N(C)CCCNc1ncnc(N)c1Cl. The van der Waals surface area contributed by atoms with Crippen molar-refractivity contribution in [2.24, 2.45) is 0 Å². The molecule has 3 N–H and O–H groups in total. The highest BCUT2D eigenvalue weighted by molar-refractivity contribution is 6.35. The third-order valence-electron chi connectivity index (χ3n) is 2.68. The average molecular weight is 258 g/mol. The number of hydrogen-bond donors (Lipinski definition) is 2. The highest BCUT2D eigenvalue weighted by Gasteiger charge is 2.06. The van der Waals surface area contributed by atoms with Crippen LogP contribution >= 0.6 is 11.6 Å². The highest BCUT2D eigenvalue weighted by atomic mass is 35.5. The molecule has 0 aliphatic heterocycles. The topological polar surface area (TPSA) is 67.1 Å². The van der Waals surface area contributed by atoms with Gasteiger partial charge in [-0.1, -0.05) is 11.6 Å². The zero-order valence-corrected chi connectivity index (χ0v) is 11.3. The Morgan fingerprint density at radius 1 is 1.47 bits per heavy atom.